The van der Waals surface area contributed by atoms with Gasteiger partial charge in [-0.25, -0.2) is 11.6 Å². The predicted octanol–water partition coefficient (Wildman–Crippen LogP) is -1.69. The molecule has 9 heteroatoms. The number of carbonyl (C=O) groups is 3. The lowest BCUT2D eigenvalue weighted by atomic mass is 10.1. The Balaban J connectivity index is 3.95. The monoisotopic (exact) mass is 301 g/mol. The third kappa shape index (κ3) is 8.81. The number of carbonyl (C=O) groups excluding carboxylic acids is 3. The molecule has 0 aromatic rings. The first-order valence-corrected chi connectivity index (χ1v) is 7.24. The van der Waals surface area contributed by atoms with Crippen LogP contribution in [0.5, 0.6) is 0 Å². The molecule has 0 rings (SSSR count). The van der Waals surface area contributed by atoms with Crippen molar-refractivity contribution in [1.29, 1.82) is 0 Å². The second-order valence-corrected chi connectivity index (χ2v) is 4.92. The van der Waals surface area contributed by atoms with Crippen molar-refractivity contribution in [2.45, 2.75) is 32.4 Å². The third-order valence-corrected chi connectivity index (χ3v) is 2.76. The summed E-state index contributed by atoms with van der Waals surface area (Å²) in [7, 11) is 5.19. The van der Waals surface area contributed by atoms with Gasteiger partial charge in [0, 0.05) is 26.4 Å². The Labute approximate surface area is 123 Å². The van der Waals surface area contributed by atoms with Crippen molar-refractivity contribution in [3.8, 4) is 0 Å². The van der Waals surface area contributed by atoms with Gasteiger partial charge in [-0.2, -0.15) is 0 Å². The van der Waals surface area contributed by atoms with Gasteiger partial charge in [0.05, 0.1) is 6.10 Å². The number of aliphatic hydroxyl groups excluding tert-OH is 1. The Kier molecular flexibility index (Phi) is 9.92. The van der Waals surface area contributed by atoms with Gasteiger partial charge < -0.3 is 21.1 Å². The fourth-order valence-corrected chi connectivity index (χ4v) is 1.67. The number of nitrogens with one attached hydrogen (secondary N) is 3. The van der Waals surface area contributed by atoms with Crippen LogP contribution in [0.1, 0.15) is 20.3 Å². The SMILES string of the molecule is [B]SCCC(=O)NCCNC(=O)[C@@H](NC(C)=O)[C@@H](C)O. The fraction of sp³-hybridized carbons (Fsp3) is 0.727. The van der Waals surface area contributed by atoms with E-state index in [0.717, 1.165) is 11.6 Å². The lowest BCUT2D eigenvalue weighted by molar-refractivity contribution is -0.130. The van der Waals surface area contributed by atoms with Gasteiger partial charge in [0.15, 0.2) is 7.12 Å². The molecule has 112 valence electrons. The first kappa shape index (κ1) is 18.8. The quantitative estimate of drug-likeness (QED) is 0.300. The zero-order valence-electron chi connectivity index (χ0n) is 11.6. The van der Waals surface area contributed by atoms with Gasteiger partial charge in [0.25, 0.3) is 0 Å². The molecular weight excluding hydrogens is 281 g/mol. The number of rotatable bonds is 9. The van der Waals surface area contributed by atoms with Crippen molar-refractivity contribution < 1.29 is 19.5 Å². The summed E-state index contributed by atoms with van der Waals surface area (Å²) in [6, 6.07) is -1.00. The highest BCUT2D eigenvalue weighted by Gasteiger charge is 2.23. The van der Waals surface area contributed by atoms with Crippen LogP contribution in [0.3, 0.4) is 0 Å². The molecule has 0 saturated heterocycles. The highest BCUT2D eigenvalue weighted by Crippen LogP contribution is 1.94. The average Bonchev–Trinajstić information content (AvgIpc) is 2.37. The minimum absolute atomic E-state index is 0.147. The van der Waals surface area contributed by atoms with Gasteiger partial charge in [-0.1, -0.05) is 0 Å². The summed E-state index contributed by atoms with van der Waals surface area (Å²) in [5, 5.41) is 16.9. The Morgan fingerprint density at radius 2 is 1.85 bits per heavy atom. The molecule has 2 radical (unpaired) electrons. The average molecular weight is 301 g/mol. The normalized spacial score (nSPS) is 13.2. The summed E-state index contributed by atoms with van der Waals surface area (Å²) in [5.41, 5.74) is 0. The summed E-state index contributed by atoms with van der Waals surface area (Å²) < 4.78 is 0. The Morgan fingerprint density at radius 3 is 2.35 bits per heavy atom. The molecule has 0 saturated carbocycles. The van der Waals surface area contributed by atoms with Crippen molar-refractivity contribution in [2.75, 3.05) is 18.8 Å². The highest BCUT2D eigenvalue weighted by atomic mass is 32.2. The molecule has 0 spiro atoms. The van der Waals surface area contributed by atoms with E-state index >= 15 is 0 Å². The Hall–Kier alpha value is -1.22. The molecule has 4 N–H and O–H groups in total. The van der Waals surface area contributed by atoms with Crippen LogP contribution in [-0.2, 0) is 14.4 Å². The first-order valence-electron chi connectivity index (χ1n) is 6.19. The van der Waals surface area contributed by atoms with Crippen LogP contribution >= 0.6 is 11.6 Å². The molecule has 0 aromatic heterocycles. The summed E-state index contributed by atoms with van der Waals surface area (Å²) in [5.74, 6) is -0.517. The molecule has 2 atom stereocenters. The van der Waals surface area contributed by atoms with Crippen LogP contribution in [0.25, 0.3) is 0 Å². The molecule has 3 amide bonds. The number of amides is 3. The van der Waals surface area contributed by atoms with E-state index in [1.165, 1.54) is 13.8 Å². The summed E-state index contributed by atoms with van der Waals surface area (Å²) in [6.45, 7) is 3.15. The lowest BCUT2D eigenvalue weighted by Crippen LogP contribution is -2.52. The van der Waals surface area contributed by atoms with E-state index in [9.17, 15) is 19.5 Å². The molecule has 0 aromatic carbocycles. The lowest BCUT2D eigenvalue weighted by Gasteiger charge is -2.20. The summed E-state index contributed by atoms with van der Waals surface area (Å²) in [4.78, 5) is 33.9. The number of aliphatic hydroxyl groups is 1. The van der Waals surface area contributed by atoms with Gasteiger partial charge in [0.2, 0.25) is 17.7 Å². The molecule has 7 nitrogen and oxygen atoms in total. The second kappa shape index (κ2) is 10.6. The first-order chi connectivity index (χ1) is 9.38. The van der Waals surface area contributed by atoms with E-state index < -0.39 is 24.0 Å². The van der Waals surface area contributed by atoms with Crippen LogP contribution < -0.4 is 16.0 Å². The minimum atomic E-state index is -1.00. The van der Waals surface area contributed by atoms with E-state index in [0.29, 0.717) is 12.2 Å². The largest absolute Gasteiger partial charge is 0.391 e. The van der Waals surface area contributed by atoms with Crippen LogP contribution in [0.2, 0.25) is 0 Å². The van der Waals surface area contributed by atoms with Crippen molar-refractivity contribution in [1.82, 2.24) is 16.0 Å². The highest BCUT2D eigenvalue weighted by molar-refractivity contribution is 8.19. The van der Waals surface area contributed by atoms with Crippen molar-refractivity contribution >= 4 is 36.5 Å². The molecule has 0 bridgehead atoms. The molecule has 0 aliphatic heterocycles. The zero-order chi connectivity index (χ0) is 15.5. The standard InChI is InChI=1S/C11H20BN3O4S/c1-7(16)10(15-8(2)17)11(19)14-5-4-13-9(18)3-6-20-12/h7,10,16H,3-6H2,1-2H3,(H,13,18)(H,14,19)(H,15,17)/t7-,10+/m1/s1. The Morgan fingerprint density at radius 1 is 1.25 bits per heavy atom. The number of hydrogen-bond acceptors (Lipinski definition) is 5. The van der Waals surface area contributed by atoms with Crippen molar-refractivity contribution in [3.63, 3.8) is 0 Å². The molecule has 0 unspecified atom stereocenters. The smallest absolute Gasteiger partial charge is 0.245 e. The fourth-order valence-electron chi connectivity index (χ4n) is 1.36. The maximum absolute atomic E-state index is 11.7. The molecular formula is C11H20BN3O4S. The maximum Gasteiger partial charge on any atom is 0.245 e. The van der Waals surface area contributed by atoms with Crippen LogP contribution in [0.15, 0.2) is 0 Å². The molecule has 0 fully saturated rings. The van der Waals surface area contributed by atoms with Gasteiger partial charge in [-0.3, -0.25) is 14.4 Å². The maximum atomic E-state index is 11.7. The second-order valence-electron chi connectivity index (χ2n) is 4.18. The predicted molar refractivity (Wildman–Crippen MR) is 78.1 cm³/mol. The van der Waals surface area contributed by atoms with Gasteiger partial charge in [-0.15, -0.1) is 0 Å². The Bertz CT molecular complexity index is 342. The topological polar surface area (TPSA) is 108 Å². The van der Waals surface area contributed by atoms with E-state index in [2.05, 4.69) is 16.0 Å². The van der Waals surface area contributed by atoms with Gasteiger partial charge in [0.1, 0.15) is 6.04 Å². The van der Waals surface area contributed by atoms with E-state index in [-0.39, 0.29) is 19.0 Å². The molecule has 20 heavy (non-hydrogen) atoms. The minimum Gasteiger partial charge on any atom is -0.391 e. The van der Waals surface area contributed by atoms with Crippen molar-refractivity contribution in [3.05, 3.63) is 0 Å². The van der Waals surface area contributed by atoms with Crippen LogP contribution in [0, 0.1) is 0 Å². The van der Waals surface area contributed by atoms with E-state index in [4.69, 9.17) is 7.12 Å². The molecule has 0 heterocycles. The van der Waals surface area contributed by atoms with Gasteiger partial charge in [-0.05, 0) is 12.7 Å². The van der Waals surface area contributed by atoms with Crippen LogP contribution in [-0.4, -0.2) is 60.9 Å². The van der Waals surface area contributed by atoms with Gasteiger partial charge >= 0.3 is 0 Å². The van der Waals surface area contributed by atoms with Crippen molar-refractivity contribution in [2.24, 2.45) is 0 Å². The van der Waals surface area contributed by atoms with Crippen LogP contribution in [0.4, 0.5) is 0 Å². The van der Waals surface area contributed by atoms with E-state index in [1.54, 1.807) is 0 Å². The summed E-state index contributed by atoms with van der Waals surface area (Å²) >= 11 is 1.09. The third-order valence-electron chi connectivity index (χ3n) is 2.32. The zero-order valence-corrected chi connectivity index (χ0v) is 12.5. The summed E-state index contributed by atoms with van der Waals surface area (Å²) in [6.07, 6.45) is -0.688. The molecule has 0 aliphatic rings. The molecule has 0 aliphatic carbocycles. The number of hydrogen-bond donors (Lipinski definition) is 4. The van der Waals surface area contributed by atoms with E-state index in [1.807, 2.05) is 0 Å².